The summed E-state index contributed by atoms with van der Waals surface area (Å²) in [4.78, 5) is 32.4. The molecule has 8 heteroatoms. The number of thiophene rings is 1. The molecular weight excluding hydrogens is 354 g/mol. The molecule has 7 nitrogen and oxygen atoms in total. The lowest BCUT2D eigenvalue weighted by molar-refractivity contribution is -0.385. The number of nitro benzene ring substituents is 1. The van der Waals surface area contributed by atoms with Crippen LogP contribution in [0.5, 0.6) is 5.75 Å². The molecule has 0 fully saturated rings. The molecule has 0 amide bonds. The largest absolute Gasteiger partial charge is 0.479 e. The molecule has 1 aliphatic rings. The van der Waals surface area contributed by atoms with Crippen LogP contribution in [-0.4, -0.2) is 14.9 Å². The van der Waals surface area contributed by atoms with Gasteiger partial charge in [0.1, 0.15) is 17.3 Å². The third-order valence-electron chi connectivity index (χ3n) is 4.64. The van der Waals surface area contributed by atoms with Crippen molar-refractivity contribution in [1.29, 1.82) is 0 Å². The molecule has 0 saturated heterocycles. The van der Waals surface area contributed by atoms with Crippen molar-refractivity contribution < 1.29 is 9.66 Å². The summed E-state index contributed by atoms with van der Waals surface area (Å²) in [6.45, 7) is 2.19. The number of aryl methyl sites for hydroxylation is 1. The van der Waals surface area contributed by atoms with E-state index >= 15 is 0 Å². The topological polar surface area (TPSA) is 98.1 Å². The minimum absolute atomic E-state index is 0.0327. The molecule has 3 aromatic rings. The first-order valence-corrected chi connectivity index (χ1v) is 9.24. The zero-order chi connectivity index (χ0) is 18.3. The number of para-hydroxylation sites is 2. The van der Waals surface area contributed by atoms with E-state index in [1.54, 1.807) is 23.5 Å². The molecule has 2 aromatic heterocycles. The van der Waals surface area contributed by atoms with Crippen LogP contribution in [0.4, 0.5) is 5.69 Å². The molecule has 26 heavy (non-hydrogen) atoms. The summed E-state index contributed by atoms with van der Waals surface area (Å²) in [7, 11) is 0. The van der Waals surface area contributed by atoms with Crippen LogP contribution in [0.1, 0.15) is 29.6 Å². The van der Waals surface area contributed by atoms with E-state index in [-0.39, 0.29) is 23.6 Å². The zero-order valence-corrected chi connectivity index (χ0v) is 15.0. The molecule has 1 atom stereocenters. The summed E-state index contributed by atoms with van der Waals surface area (Å²) >= 11 is 1.57. The highest BCUT2D eigenvalue weighted by Gasteiger charge is 2.23. The lowest BCUT2D eigenvalue weighted by Crippen LogP contribution is -2.15. The van der Waals surface area contributed by atoms with Gasteiger partial charge in [-0.1, -0.05) is 19.1 Å². The van der Waals surface area contributed by atoms with Crippen molar-refractivity contribution >= 4 is 27.2 Å². The molecule has 0 spiro atoms. The molecular formula is C18H17N3O4S. The lowest BCUT2D eigenvalue weighted by atomic mass is 9.89. The monoisotopic (exact) mass is 371 g/mol. The Hall–Kier alpha value is -2.74. The van der Waals surface area contributed by atoms with Gasteiger partial charge in [-0.15, -0.1) is 11.3 Å². The normalized spacial score (nSPS) is 16.4. The van der Waals surface area contributed by atoms with Crippen molar-refractivity contribution in [3.8, 4) is 5.75 Å². The molecule has 1 aliphatic carbocycles. The van der Waals surface area contributed by atoms with Crippen molar-refractivity contribution in [2.24, 2.45) is 5.92 Å². The van der Waals surface area contributed by atoms with Gasteiger partial charge in [-0.3, -0.25) is 14.9 Å². The zero-order valence-electron chi connectivity index (χ0n) is 14.2. The summed E-state index contributed by atoms with van der Waals surface area (Å²) in [6, 6.07) is 6.15. The maximum atomic E-state index is 12.5. The van der Waals surface area contributed by atoms with Gasteiger partial charge in [0.15, 0.2) is 5.75 Å². The molecule has 0 bridgehead atoms. The Kier molecular flexibility index (Phi) is 4.20. The van der Waals surface area contributed by atoms with Gasteiger partial charge in [-0.25, -0.2) is 4.98 Å². The van der Waals surface area contributed by atoms with Crippen LogP contribution in [-0.2, 0) is 19.4 Å². The van der Waals surface area contributed by atoms with E-state index in [4.69, 9.17) is 4.74 Å². The Bertz CT molecular complexity index is 1060. The van der Waals surface area contributed by atoms with Gasteiger partial charge >= 0.3 is 5.69 Å². The summed E-state index contributed by atoms with van der Waals surface area (Å²) in [5, 5.41) is 11.7. The summed E-state index contributed by atoms with van der Waals surface area (Å²) < 4.78 is 5.54. The fourth-order valence-corrected chi connectivity index (χ4v) is 4.74. The predicted octanol–water partition coefficient (Wildman–Crippen LogP) is 3.60. The van der Waals surface area contributed by atoms with Crippen molar-refractivity contribution in [3.05, 3.63) is 61.0 Å². The van der Waals surface area contributed by atoms with Gasteiger partial charge in [-0.05, 0) is 36.8 Å². The lowest BCUT2D eigenvalue weighted by Gasteiger charge is -2.17. The predicted molar refractivity (Wildman–Crippen MR) is 98.9 cm³/mol. The maximum Gasteiger partial charge on any atom is 0.310 e. The average Bonchev–Trinajstić information content (AvgIpc) is 2.97. The van der Waals surface area contributed by atoms with Crippen LogP contribution in [0.2, 0.25) is 0 Å². The second-order valence-corrected chi connectivity index (χ2v) is 7.64. The van der Waals surface area contributed by atoms with E-state index in [0.717, 1.165) is 24.8 Å². The number of rotatable bonds is 4. The summed E-state index contributed by atoms with van der Waals surface area (Å²) in [5.41, 5.74) is 0.850. The first-order valence-electron chi connectivity index (χ1n) is 8.42. The number of nitrogens with one attached hydrogen (secondary N) is 1. The Balaban J connectivity index is 1.64. The third-order valence-corrected chi connectivity index (χ3v) is 5.79. The molecule has 0 unspecified atom stereocenters. The number of H-pyrrole nitrogens is 1. The highest BCUT2D eigenvalue weighted by molar-refractivity contribution is 7.18. The molecule has 2 heterocycles. The number of aromatic amines is 1. The number of nitrogens with zero attached hydrogens (tertiary/aromatic N) is 2. The Labute approximate surface area is 152 Å². The van der Waals surface area contributed by atoms with Gasteiger partial charge in [0.25, 0.3) is 5.56 Å². The molecule has 1 N–H and O–H groups in total. The quantitative estimate of drug-likeness (QED) is 0.558. The molecule has 4 rings (SSSR count). The number of nitro groups is 1. The van der Waals surface area contributed by atoms with E-state index in [9.17, 15) is 14.9 Å². The number of ether oxygens (including phenoxy) is 1. The minimum Gasteiger partial charge on any atom is -0.479 e. The molecule has 0 radical (unpaired) electrons. The second kappa shape index (κ2) is 6.53. The van der Waals surface area contributed by atoms with Gasteiger partial charge in [0, 0.05) is 10.9 Å². The first kappa shape index (κ1) is 16.7. The van der Waals surface area contributed by atoms with Gasteiger partial charge in [-0.2, -0.15) is 0 Å². The van der Waals surface area contributed by atoms with Crippen molar-refractivity contribution in [2.45, 2.75) is 32.8 Å². The van der Waals surface area contributed by atoms with Crippen LogP contribution >= 0.6 is 11.3 Å². The Morgan fingerprint density at radius 1 is 1.42 bits per heavy atom. The fourth-order valence-electron chi connectivity index (χ4n) is 3.34. The number of benzene rings is 1. The SMILES string of the molecule is C[C@@H]1CCc2c(sc3nc(COc4ccccc4[N+](=O)[O-])[nH]c(=O)c23)C1. The van der Waals surface area contributed by atoms with Crippen molar-refractivity contribution in [1.82, 2.24) is 9.97 Å². The average molecular weight is 371 g/mol. The van der Waals surface area contributed by atoms with Gasteiger partial charge < -0.3 is 9.72 Å². The van der Waals surface area contributed by atoms with E-state index in [1.807, 2.05) is 0 Å². The van der Waals surface area contributed by atoms with Crippen molar-refractivity contribution in [2.75, 3.05) is 0 Å². The van der Waals surface area contributed by atoms with E-state index < -0.39 is 4.92 Å². The van der Waals surface area contributed by atoms with Crippen LogP contribution in [0.15, 0.2) is 29.1 Å². The van der Waals surface area contributed by atoms with Crippen LogP contribution in [0, 0.1) is 16.0 Å². The maximum absolute atomic E-state index is 12.5. The summed E-state index contributed by atoms with van der Waals surface area (Å²) in [6.07, 6.45) is 2.98. The van der Waals surface area contributed by atoms with Crippen molar-refractivity contribution in [3.63, 3.8) is 0 Å². The van der Waals surface area contributed by atoms with Gasteiger partial charge in [0.05, 0.1) is 10.3 Å². The number of fused-ring (bicyclic) bond motifs is 3. The second-order valence-electron chi connectivity index (χ2n) is 6.56. The Morgan fingerprint density at radius 3 is 3.04 bits per heavy atom. The van der Waals surface area contributed by atoms with Crippen LogP contribution in [0.3, 0.4) is 0 Å². The standard InChI is InChI=1S/C18H17N3O4S/c1-10-6-7-11-14(8-10)26-18-16(11)17(22)19-15(20-18)9-25-13-5-3-2-4-12(13)21(23)24/h2-5,10H,6-9H2,1H3,(H,19,20,22)/t10-/m1/s1. The number of hydrogen-bond acceptors (Lipinski definition) is 6. The molecule has 134 valence electrons. The van der Waals surface area contributed by atoms with Crippen LogP contribution < -0.4 is 10.3 Å². The number of hydrogen-bond donors (Lipinski definition) is 1. The third kappa shape index (κ3) is 2.96. The fraction of sp³-hybridized carbons (Fsp3) is 0.333. The summed E-state index contributed by atoms with van der Waals surface area (Å²) in [5.74, 6) is 1.14. The Morgan fingerprint density at radius 2 is 2.23 bits per heavy atom. The smallest absolute Gasteiger partial charge is 0.310 e. The van der Waals surface area contributed by atoms with E-state index in [2.05, 4.69) is 16.9 Å². The molecule has 0 aliphatic heterocycles. The van der Waals surface area contributed by atoms with Gasteiger partial charge in [0.2, 0.25) is 0 Å². The highest BCUT2D eigenvalue weighted by Crippen LogP contribution is 2.35. The minimum atomic E-state index is -0.497. The molecule has 1 aromatic carbocycles. The highest BCUT2D eigenvalue weighted by atomic mass is 32.1. The van der Waals surface area contributed by atoms with E-state index in [1.165, 1.54) is 17.0 Å². The van der Waals surface area contributed by atoms with E-state index in [0.29, 0.717) is 22.0 Å². The first-order chi connectivity index (χ1) is 12.5. The molecule has 0 saturated carbocycles. The number of aromatic nitrogens is 2. The van der Waals surface area contributed by atoms with Crippen LogP contribution in [0.25, 0.3) is 10.2 Å².